The van der Waals surface area contributed by atoms with Crippen molar-refractivity contribution in [3.8, 4) is 17.0 Å². The molecule has 1 heterocycles. The maximum atomic E-state index is 11.5. The van der Waals surface area contributed by atoms with Crippen molar-refractivity contribution in [2.45, 2.75) is 38.0 Å². The van der Waals surface area contributed by atoms with E-state index in [-0.39, 0.29) is 5.75 Å². The zero-order chi connectivity index (χ0) is 17.4. The highest BCUT2D eigenvalue weighted by Gasteiger charge is 2.24. The number of para-hydroxylation sites is 1. The number of hydrogen-bond acceptors (Lipinski definition) is 2. The van der Waals surface area contributed by atoms with E-state index in [1.54, 1.807) is 12.1 Å². The van der Waals surface area contributed by atoms with Gasteiger partial charge in [0.25, 0.3) is 0 Å². The van der Waals surface area contributed by atoms with Crippen molar-refractivity contribution < 1.29 is 9.90 Å². The first-order valence-electron chi connectivity index (χ1n) is 8.89. The average molecular weight is 334 g/mol. The third kappa shape index (κ3) is 2.78. The standard InChI is InChI=1S/C21H22N2O2/c22-21(25)14-10-11-15-17(12-14)23-20(16-8-4-5-9-18(16)24)19(15)13-6-2-1-3-7-13/h4-5,8-13,23-24H,1-3,6-7H2,(H2,22,25). The zero-order valence-electron chi connectivity index (χ0n) is 14.1. The molecule has 0 radical (unpaired) electrons. The van der Waals surface area contributed by atoms with Crippen LogP contribution in [-0.4, -0.2) is 16.0 Å². The van der Waals surface area contributed by atoms with Crippen LogP contribution in [0, 0.1) is 0 Å². The topological polar surface area (TPSA) is 79.1 Å². The van der Waals surface area contributed by atoms with Crippen molar-refractivity contribution in [1.29, 1.82) is 0 Å². The van der Waals surface area contributed by atoms with E-state index in [1.165, 1.54) is 24.8 Å². The van der Waals surface area contributed by atoms with Crippen LogP contribution in [0.25, 0.3) is 22.2 Å². The lowest BCUT2D eigenvalue weighted by Crippen LogP contribution is -2.10. The first-order valence-corrected chi connectivity index (χ1v) is 8.89. The van der Waals surface area contributed by atoms with Crippen molar-refractivity contribution in [2.75, 3.05) is 0 Å². The van der Waals surface area contributed by atoms with Crippen molar-refractivity contribution in [3.05, 3.63) is 53.6 Å². The van der Waals surface area contributed by atoms with Gasteiger partial charge in [0.2, 0.25) is 5.91 Å². The van der Waals surface area contributed by atoms with Gasteiger partial charge in [0, 0.05) is 22.0 Å². The summed E-state index contributed by atoms with van der Waals surface area (Å²) >= 11 is 0. The Morgan fingerprint density at radius 3 is 2.56 bits per heavy atom. The molecule has 0 saturated heterocycles. The number of amides is 1. The summed E-state index contributed by atoms with van der Waals surface area (Å²) in [6.07, 6.45) is 6.07. The molecular formula is C21H22N2O2. The fourth-order valence-electron chi connectivity index (χ4n) is 4.09. The Morgan fingerprint density at radius 1 is 1.08 bits per heavy atom. The number of nitrogens with one attached hydrogen (secondary N) is 1. The Hall–Kier alpha value is -2.75. The van der Waals surface area contributed by atoms with Crippen LogP contribution in [0.1, 0.15) is 53.9 Å². The number of phenolic OH excluding ortho intramolecular Hbond substituents is 1. The fraction of sp³-hybridized carbons (Fsp3) is 0.286. The number of H-pyrrole nitrogens is 1. The maximum Gasteiger partial charge on any atom is 0.248 e. The van der Waals surface area contributed by atoms with Gasteiger partial charge in [-0.2, -0.15) is 0 Å². The van der Waals surface area contributed by atoms with Crippen LogP contribution in [0.2, 0.25) is 0 Å². The molecule has 2 aromatic carbocycles. The number of aromatic nitrogens is 1. The number of rotatable bonds is 3. The van der Waals surface area contributed by atoms with Crippen molar-refractivity contribution in [2.24, 2.45) is 5.73 Å². The highest BCUT2D eigenvalue weighted by Crippen LogP contribution is 2.44. The molecule has 1 saturated carbocycles. The molecule has 4 nitrogen and oxygen atoms in total. The van der Waals surface area contributed by atoms with E-state index in [4.69, 9.17) is 5.73 Å². The summed E-state index contributed by atoms with van der Waals surface area (Å²) in [5, 5.41) is 11.5. The number of carbonyl (C=O) groups excluding carboxylic acids is 1. The predicted octanol–water partition coefficient (Wildman–Crippen LogP) is 4.69. The summed E-state index contributed by atoms with van der Waals surface area (Å²) in [5.41, 5.74) is 9.85. The van der Waals surface area contributed by atoms with Gasteiger partial charge in [-0.25, -0.2) is 0 Å². The Labute approximate surface area is 146 Å². The summed E-state index contributed by atoms with van der Waals surface area (Å²) in [6.45, 7) is 0. The number of fused-ring (bicyclic) bond motifs is 1. The van der Waals surface area contributed by atoms with E-state index >= 15 is 0 Å². The molecule has 0 bridgehead atoms. The number of carbonyl (C=O) groups is 1. The molecule has 0 unspecified atom stereocenters. The molecule has 128 valence electrons. The second-order valence-electron chi connectivity index (χ2n) is 6.89. The number of aromatic amines is 1. The molecule has 1 aliphatic carbocycles. The van der Waals surface area contributed by atoms with Crippen LogP contribution >= 0.6 is 0 Å². The average Bonchev–Trinajstić information content (AvgIpc) is 3.01. The highest BCUT2D eigenvalue weighted by molar-refractivity contribution is 5.99. The molecule has 1 aliphatic rings. The smallest absolute Gasteiger partial charge is 0.248 e. The lowest BCUT2D eigenvalue weighted by atomic mass is 9.81. The highest BCUT2D eigenvalue weighted by atomic mass is 16.3. The van der Waals surface area contributed by atoms with Gasteiger partial charge in [-0.1, -0.05) is 37.5 Å². The normalized spacial score (nSPS) is 15.5. The Kier molecular flexibility index (Phi) is 3.96. The molecule has 4 N–H and O–H groups in total. The van der Waals surface area contributed by atoms with E-state index < -0.39 is 5.91 Å². The number of phenols is 1. The van der Waals surface area contributed by atoms with Gasteiger partial charge in [-0.15, -0.1) is 0 Å². The quantitative estimate of drug-likeness (QED) is 0.650. The summed E-state index contributed by atoms with van der Waals surface area (Å²) in [7, 11) is 0. The van der Waals surface area contributed by atoms with Gasteiger partial charge in [0.15, 0.2) is 0 Å². The molecule has 1 amide bonds. The minimum absolute atomic E-state index is 0.265. The predicted molar refractivity (Wildman–Crippen MR) is 99.7 cm³/mol. The Morgan fingerprint density at radius 2 is 1.84 bits per heavy atom. The van der Waals surface area contributed by atoms with E-state index in [1.807, 2.05) is 30.3 Å². The van der Waals surface area contributed by atoms with E-state index in [0.717, 1.165) is 35.0 Å². The number of nitrogens with two attached hydrogens (primary N) is 1. The largest absolute Gasteiger partial charge is 0.507 e. The number of hydrogen-bond donors (Lipinski definition) is 3. The lowest BCUT2D eigenvalue weighted by molar-refractivity contribution is 0.100. The van der Waals surface area contributed by atoms with Crippen LogP contribution in [0.3, 0.4) is 0 Å². The van der Waals surface area contributed by atoms with E-state index in [9.17, 15) is 9.90 Å². The second-order valence-corrected chi connectivity index (χ2v) is 6.89. The van der Waals surface area contributed by atoms with Gasteiger partial charge in [-0.3, -0.25) is 4.79 Å². The minimum Gasteiger partial charge on any atom is -0.507 e. The molecule has 0 spiro atoms. The van der Waals surface area contributed by atoms with Crippen LogP contribution < -0.4 is 5.73 Å². The fourth-order valence-corrected chi connectivity index (χ4v) is 4.09. The van der Waals surface area contributed by atoms with Crippen LogP contribution in [0.5, 0.6) is 5.75 Å². The molecule has 4 rings (SSSR count). The molecule has 3 aromatic rings. The third-order valence-electron chi connectivity index (χ3n) is 5.31. The second kappa shape index (κ2) is 6.28. The number of aromatic hydroxyl groups is 1. The molecule has 0 atom stereocenters. The molecular weight excluding hydrogens is 312 g/mol. The van der Waals surface area contributed by atoms with Crippen LogP contribution in [-0.2, 0) is 0 Å². The first kappa shape index (κ1) is 15.8. The van der Waals surface area contributed by atoms with Gasteiger partial charge >= 0.3 is 0 Å². The summed E-state index contributed by atoms with van der Waals surface area (Å²) in [4.78, 5) is 15.0. The van der Waals surface area contributed by atoms with Gasteiger partial charge < -0.3 is 15.8 Å². The van der Waals surface area contributed by atoms with Gasteiger partial charge in [-0.05, 0) is 48.6 Å². The molecule has 0 aliphatic heterocycles. The lowest BCUT2D eigenvalue weighted by Gasteiger charge is -2.23. The third-order valence-corrected chi connectivity index (χ3v) is 5.31. The SMILES string of the molecule is NC(=O)c1ccc2c(C3CCCCC3)c(-c3ccccc3O)[nH]c2c1. The summed E-state index contributed by atoms with van der Waals surface area (Å²) in [5.74, 6) is 0.303. The molecule has 1 fully saturated rings. The van der Waals surface area contributed by atoms with Crippen molar-refractivity contribution in [1.82, 2.24) is 4.98 Å². The Bertz CT molecular complexity index is 936. The number of benzene rings is 2. The Balaban J connectivity index is 1.96. The van der Waals surface area contributed by atoms with Gasteiger partial charge in [0.05, 0.1) is 5.69 Å². The molecule has 4 heteroatoms. The molecule has 25 heavy (non-hydrogen) atoms. The monoisotopic (exact) mass is 334 g/mol. The van der Waals surface area contributed by atoms with E-state index in [2.05, 4.69) is 4.98 Å². The van der Waals surface area contributed by atoms with Crippen LogP contribution in [0.4, 0.5) is 0 Å². The van der Waals surface area contributed by atoms with Crippen molar-refractivity contribution in [3.63, 3.8) is 0 Å². The summed E-state index contributed by atoms with van der Waals surface area (Å²) in [6, 6.07) is 13.0. The number of primary amides is 1. The van der Waals surface area contributed by atoms with Crippen LogP contribution in [0.15, 0.2) is 42.5 Å². The minimum atomic E-state index is -0.431. The first-order chi connectivity index (χ1) is 12.1. The molecule has 1 aromatic heterocycles. The van der Waals surface area contributed by atoms with Gasteiger partial charge in [0.1, 0.15) is 5.75 Å². The van der Waals surface area contributed by atoms with E-state index in [0.29, 0.717) is 11.5 Å². The zero-order valence-corrected chi connectivity index (χ0v) is 14.1. The van der Waals surface area contributed by atoms with Crippen molar-refractivity contribution >= 4 is 16.8 Å². The summed E-state index contributed by atoms with van der Waals surface area (Å²) < 4.78 is 0. The maximum absolute atomic E-state index is 11.5.